The van der Waals surface area contributed by atoms with Gasteiger partial charge in [0.05, 0.1) is 18.6 Å². The van der Waals surface area contributed by atoms with Crippen molar-refractivity contribution >= 4 is 11.4 Å². The van der Waals surface area contributed by atoms with Crippen LogP contribution in [-0.4, -0.2) is 22.0 Å². The number of benzene rings is 1. The van der Waals surface area contributed by atoms with Crippen LogP contribution in [0.5, 0.6) is 5.75 Å². The Morgan fingerprint density at radius 2 is 2.39 bits per heavy atom. The second kappa shape index (κ2) is 5.17. The number of ether oxygens (including phenoxy) is 1. The molecule has 0 aliphatic carbocycles. The molecule has 0 unspecified atom stereocenters. The number of imidazole rings is 1. The highest BCUT2D eigenvalue weighted by atomic mass is 16.6. The van der Waals surface area contributed by atoms with Crippen LogP contribution < -0.4 is 10.1 Å². The molecule has 18 heavy (non-hydrogen) atoms. The number of H-pyrrole nitrogens is 1. The van der Waals surface area contributed by atoms with Gasteiger partial charge in [-0.2, -0.15) is 0 Å². The highest BCUT2D eigenvalue weighted by molar-refractivity contribution is 5.64. The number of anilines is 1. The number of aromatic amines is 1. The molecule has 0 aliphatic rings. The van der Waals surface area contributed by atoms with E-state index in [1.165, 1.54) is 13.2 Å². The predicted molar refractivity (Wildman–Crippen MR) is 65.6 cm³/mol. The molecule has 0 spiro atoms. The Morgan fingerprint density at radius 3 is 3.00 bits per heavy atom. The van der Waals surface area contributed by atoms with Crippen molar-refractivity contribution in [2.24, 2.45) is 0 Å². The molecule has 0 atom stereocenters. The Hall–Kier alpha value is -2.57. The number of rotatable bonds is 5. The van der Waals surface area contributed by atoms with Gasteiger partial charge in [0.2, 0.25) is 0 Å². The van der Waals surface area contributed by atoms with Crippen molar-refractivity contribution in [1.82, 2.24) is 9.97 Å². The summed E-state index contributed by atoms with van der Waals surface area (Å²) in [6, 6.07) is 4.54. The standard InChI is InChI=1S/C11H12N4O3/c1-18-8-2-3-10(15(16)17)9(6-8)14-7-11-12-4-5-13-11/h2-6,14H,7H2,1H3,(H,12,13). The van der Waals surface area contributed by atoms with Gasteiger partial charge < -0.3 is 15.0 Å². The molecule has 1 aromatic carbocycles. The molecule has 0 fully saturated rings. The second-order valence-corrected chi connectivity index (χ2v) is 3.53. The summed E-state index contributed by atoms with van der Waals surface area (Å²) in [5, 5.41) is 13.8. The zero-order valence-electron chi connectivity index (χ0n) is 9.71. The highest BCUT2D eigenvalue weighted by Crippen LogP contribution is 2.28. The minimum absolute atomic E-state index is 0.00218. The molecule has 94 valence electrons. The Bertz CT molecular complexity index is 539. The van der Waals surface area contributed by atoms with E-state index in [4.69, 9.17) is 4.74 Å². The fourth-order valence-electron chi connectivity index (χ4n) is 1.52. The van der Waals surface area contributed by atoms with Crippen LogP contribution in [0.4, 0.5) is 11.4 Å². The van der Waals surface area contributed by atoms with Gasteiger partial charge in [-0.05, 0) is 6.07 Å². The van der Waals surface area contributed by atoms with Gasteiger partial charge in [0.25, 0.3) is 5.69 Å². The van der Waals surface area contributed by atoms with E-state index in [-0.39, 0.29) is 5.69 Å². The largest absolute Gasteiger partial charge is 0.497 e. The lowest BCUT2D eigenvalue weighted by Crippen LogP contribution is -2.04. The fourth-order valence-corrected chi connectivity index (χ4v) is 1.52. The molecule has 0 amide bonds. The van der Waals surface area contributed by atoms with Crippen molar-refractivity contribution in [1.29, 1.82) is 0 Å². The van der Waals surface area contributed by atoms with Crippen LogP contribution in [0.1, 0.15) is 5.82 Å². The second-order valence-electron chi connectivity index (χ2n) is 3.53. The van der Waals surface area contributed by atoms with Crippen LogP contribution in [-0.2, 0) is 6.54 Å². The quantitative estimate of drug-likeness (QED) is 0.623. The maximum atomic E-state index is 10.9. The van der Waals surface area contributed by atoms with E-state index in [1.807, 2.05) is 0 Å². The van der Waals surface area contributed by atoms with Crippen LogP contribution in [0.3, 0.4) is 0 Å². The van der Waals surface area contributed by atoms with Gasteiger partial charge in [0, 0.05) is 24.5 Å². The van der Waals surface area contributed by atoms with E-state index in [0.29, 0.717) is 23.8 Å². The predicted octanol–water partition coefficient (Wildman–Crippen LogP) is 1.94. The van der Waals surface area contributed by atoms with Crippen molar-refractivity contribution in [2.45, 2.75) is 6.54 Å². The molecule has 0 saturated carbocycles. The monoisotopic (exact) mass is 248 g/mol. The molecular formula is C11H12N4O3. The Labute approximate surface area is 103 Å². The summed E-state index contributed by atoms with van der Waals surface area (Å²) in [6.45, 7) is 0.376. The lowest BCUT2D eigenvalue weighted by molar-refractivity contribution is -0.384. The van der Waals surface area contributed by atoms with E-state index in [9.17, 15) is 10.1 Å². The van der Waals surface area contributed by atoms with Crippen LogP contribution in [0, 0.1) is 10.1 Å². The number of hydrogen-bond donors (Lipinski definition) is 2. The normalized spacial score (nSPS) is 10.1. The number of aromatic nitrogens is 2. The summed E-state index contributed by atoms with van der Waals surface area (Å²) >= 11 is 0. The maximum absolute atomic E-state index is 10.9. The van der Waals surface area contributed by atoms with Crippen LogP contribution >= 0.6 is 0 Å². The van der Waals surface area contributed by atoms with Gasteiger partial charge >= 0.3 is 0 Å². The summed E-state index contributed by atoms with van der Waals surface area (Å²) in [4.78, 5) is 17.4. The minimum Gasteiger partial charge on any atom is -0.497 e. The van der Waals surface area contributed by atoms with E-state index in [0.717, 1.165) is 0 Å². The third-order valence-electron chi connectivity index (χ3n) is 2.40. The van der Waals surface area contributed by atoms with Gasteiger partial charge in [0.1, 0.15) is 17.3 Å². The molecule has 1 aromatic heterocycles. The van der Waals surface area contributed by atoms with Crippen molar-refractivity contribution in [3.8, 4) is 5.75 Å². The lowest BCUT2D eigenvalue weighted by atomic mass is 10.2. The summed E-state index contributed by atoms with van der Waals surface area (Å²) < 4.78 is 5.04. The molecular weight excluding hydrogens is 236 g/mol. The van der Waals surface area contributed by atoms with E-state index in [2.05, 4.69) is 15.3 Å². The fraction of sp³-hybridized carbons (Fsp3) is 0.182. The number of hydrogen-bond acceptors (Lipinski definition) is 5. The zero-order valence-corrected chi connectivity index (χ0v) is 9.71. The van der Waals surface area contributed by atoms with Crippen molar-refractivity contribution in [3.63, 3.8) is 0 Å². The first-order valence-corrected chi connectivity index (χ1v) is 5.25. The van der Waals surface area contributed by atoms with Crippen LogP contribution in [0.25, 0.3) is 0 Å². The van der Waals surface area contributed by atoms with Crippen molar-refractivity contribution < 1.29 is 9.66 Å². The van der Waals surface area contributed by atoms with E-state index in [1.54, 1.807) is 24.5 Å². The number of nitrogens with zero attached hydrogens (tertiary/aromatic N) is 2. The first kappa shape index (κ1) is 11.9. The van der Waals surface area contributed by atoms with Gasteiger partial charge in [-0.25, -0.2) is 4.98 Å². The Kier molecular flexibility index (Phi) is 3.42. The smallest absolute Gasteiger partial charge is 0.292 e. The summed E-state index contributed by atoms with van der Waals surface area (Å²) in [6.07, 6.45) is 3.31. The molecule has 0 radical (unpaired) electrons. The van der Waals surface area contributed by atoms with Gasteiger partial charge in [-0.1, -0.05) is 0 Å². The van der Waals surface area contributed by atoms with Gasteiger partial charge in [-0.15, -0.1) is 0 Å². The summed E-state index contributed by atoms with van der Waals surface area (Å²) in [5.41, 5.74) is 0.401. The highest BCUT2D eigenvalue weighted by Gasteiger charge is 2.14. The van der Waals surface area contributed by atoms with Crippen molar-refractivity contribution in [3.05, 3.63) is 46.5 Å². The Balaban J connectivity index is 2.20. The summed E-state index contributed by atoms with van der Waals surface area (Å²) in [7, 11) is 1.51. The first-order valence-electron chi connectivity index (χ1n) is 5.25. The molecule has 0 saturated heterocycles. The number of nitro benzene ring substituents is 1. The first-order chi connectivity index (χ1) is 8.70. The van der Waals surface area contributed by atoms with Crippen LogP contribution in [0.15, 0.2) is 30.6 Å². The maximum Gasteiger partial charge on any atom is 0.292 e. The molecule has 7 nitrogen and oxygen atoms in total. The Morgan fingerprint density at radius 1 is 1.56 bits per heavy atom. The van der Waals surface area contributed by atoms with Gasteiger partial charge in [0.15, 0.2) is 0 Å². The summed E-state index contributed by atoms with van der Waals surface area (Å²) in [5.74, 6) is 1.26. The molecule has 2 aromatic rings. The molecule has 2 N–H and O–H groups in total. The van der Waals surface area contributed by atoms with Gasteiger partial charge in [-0.3, -0.25) is 10.1 Å². The third-order valence-corrected chi connectivity index (χ3v) is 2.40. The average molecular weight is 248 g/mol. The van der Waals surface area contributed by atoms with Crippen molar-refractivity contribution in [2.75, 3.05) is 12.4 Å². The topological polar surface area (TPSA) is 93.1 Å². The minimum atomic E-state index is -0.441. The molecule has 0 bridgehead atoms. The molecule has 1 heterocycles. The van der Waals surface area contributed by atoms with Crippen LogP contribution in [0.2, 0.25) is 0 Å². The molecule has 0 aliphatic heterocycles. The van der Waals surface area contributed by atoms with E-state index >= 15 is 0 Å². The number of nitro groups is 1. The zero-order chi connectivity index (χ0) is 13.0. The average Bonchev–Trinajstić information content (AvgIpc) is 2.88. The lowest BCUT2D eigenvalue weighted by Gasteiger charge is -2.07. The molecule has 7 heteroatoms. The molecule has 2 rings (SSSR count). The van der Waals surface area contributed by atoms with E-state index < -0.39 is 4.92 Å². The third kappa shape index (κ3) is 2.57. The number of nitrogens with one attached hydrogen (secondary N) is 2. The SMILES string of the molecule is COc1ccc([N+](=O)[O-])c(NCc2ncc[nH]2)c1. The number of methoxy groups -OCH3 is 1.